The third-order valence-electron chi connectivity index (χ3n) is 3.57. The number of amides is 1. The lowest BCUT2D eigenvalue weighted by molar-refractivity contribution is -0.145. The molecule has 0 aromatic heterocycles. The van der Waals surface area contributed by atoms with Crippen molar-refractivity contribution in [2.24, 2.45) is 5.73 Å². The van der Waals surface area contributed by atoms with Gasteiger partial charge in [0.25, 0.3) is 0 Å². The lowest BCUT2D eigenvalue weighted by Crippen LogP contribution is -2.50. The number of benzene rings is 1. The number of carboxylic acids is 1. The molecule has 4 N–H and O–H groups in total. The zero-order chi connectivity index (χ0) is 15.3. The highest BCUT2D eigenvalue weighted by Gasteiger charge is 2.34. The summed E-state index contributed by atoms with van der Waals surface area (Å²) in [4.78, 5) is 22.2. The molecule has 0 unspecified atom stereocenters. The molecular weight excluding hydrogens is 263 g/mol. The first-order valence-electron chi connectivity index (χ1n) is 6.43. The molecule has 1 rings (SSSR count). The predicted octanol–water partition coefficient (Wildman–Crippen LogP) is 1.66. The Hall–Kier alpha value is -1.95. The van der Waals surface area contributed by atoms with Gasteiger partial charge in [-0.15, -0.1) is 0 Å². The van der Waals surface area contributed by atoms with Crippen LogP contribution < -0.4 is 11.1 Å². The van der Waals surface area contributed by atoms with Gasteiger partial charge in [0.2, 0.25) is 5.91 Å². The summed E-state index contributed by atoms with van der Waals surface area (Å²) in [5.74, 6) is -2.25. The van der Waals surface area contributed by atoms with E-state index < -0.39 is 23.2 Å². The van der Waals surface area contributed by atoms with Crippen LogP contribution in [0.25, 0.3) is 0 Å². The van der Waals surface area contributed by atoms with Crippen molar-refractivity contribution >= 4 is 11.9 Å². The van der Waals surface area contributed by atoms with E-state index in [4.69, 9.17) is 5.73 Å². The van der Waals surface area contributed by atoms with Crippen molar-refractivity contribution in [1.82, 2.24) is 5.32 Å². The first-order valence-corrected chi connectivity index (χ1v) is 6.43. The summed E-state index contributed by atoms with van der Waals surface area (Å²) in [6.45, 7) is 3.59. The largest absolute Gasteiger partial charge is 0.480 e. The number of carbonyl (C=O) groups excluding carboxylic acids is 1. The van der Waals surface area contributed by atoms with Crippen LogP contribution >= 0.6 is 0 Å². The number of nitrogens with two attached hydrogens (primary N) is 1. The molecule has 110 valence electrons. The Morgan fingerprint density at radius 1 is 1.35 bits per heavy atom. The molecule has 0 saturated carbocycles. The Balaban J connectivity index is 2.89. The minimum Gasteiger partial charge on any atom is -0.480 e. The van der Waals surface area contributed by atoms with E-state index in [0.29, 0.717) is 18.4 Å². The number of rotatable bonds is 7. The van der Waals surface area contributed by atoms with Crippen LogP contribution in [0.15, 0.2) is 18.2 Å². The van der Waals surface area contributed by atoms with E-state index in [0.717, 1.165) is 6.07 Å². The van der Waals surface area contributed by atoms with Crippen LogP contribution in [0.5, 0.6) is 0 Å². The summed E-state index contributed by atoms with van der Waals surface area (Å²) in [5, 5.41) is 12.2. The lowest BCUT2D eigenvalue weighted by Gasteiger charge is -2.28. The van der Waals surface area contributed by atoms with Gasteiger partial charge >= 0.3 is 5.97 Å². The molecule has 0 aliphatic heterocycles. The average Bonchev–Trinajstić information content (AvgIpc) is 2.41. The molecule has 0 radical (unpaired) electrons. The van der Waals surface area contributed by atoms with Crippen LogP contribution in [0.1, 0.15) is 42.6 Å². The van der Waals surface area contributed by atoms with Gasteiger partial charge in [-0.05, 0) is 25.0 Å². The van der Waals surface area contributed by atoms with Crippen molar-refractivity contribution in [3.63, 3.8) is 0 Å². The Morgan fingerprint density at radius 3 is 2.35 bits per heavy atom. The maximum absolute atomic E-state index is 13.8. The average molecular weight is 282 g/mol. The highest BCUT2D eigenvalue weighted by Crippen LogP contribution is 2.18. The quantitative estimate of drug-likeness (QED) is 0.709. The fraction of sp³-hybridized carbons (Fsp3) is 0.429. The molecule has 6 heteroatoms. The molecular formula is C14H19FN2O3. The van der Waals surface area contributed by atoms with Gasteiger partial charge in [-0.3, -0.25) is 14.9 Å². The number of hydrogen-bond acceptors (Lipinski definition) is 3. The van der Waals surface area contributed by atoms with Gasteiger partial charge in [0, 0.05) is 17.7 Å². The van der Waals surface area contributed by atoms with Gasteiger partial charge in [0.05, 0.1) is 0 Å². The minimum atomic E-state index is -1.07. The van der Waals surface area contributed by atoms with Crippen molar-refractivity contribution in [1.29, 1.82) is 0 Å². The number of nitrogens with one attached hydrogen (secondary N) is 1. The summed E-state index contributed by atoms with van der Waals surface area (Å²) < 4.78 is 13.8. The fourth-order valence-corrected chi connectivity index (χ4v) is 1.99. The van der Waals surface area contributed by atoms with Crippen LogP contribution in [-0.2, 0) is 11.3 Å². The maximum Gasteiger partial charge on any atom is 0.323 e. The van der Waals surface area contributed by atoms with E-state index in [1.165, 1.54) is 12.1 Å². The van der Waals surface area contributed by atoms with Crippen LogP contribution in [-0.4, -0.2) is 22.5 Å². The second-order valence-corrected chi connectivity index (χ2v) is 4.62. The Bertz CT molecular complexity index is 513. The molecule has 1 aromatic rings. The Labute approximate surface area is 117 Å². The van der Waals surface area contributed by atoms with Gasteiger partial charge in [-0.1, -0.05) is 19.9 Å². The zero-order valence-electron chi connectivity index (χ0n) is 11.6. The van der Waals surface area contributed by atoms with Crippen LogP contribution in [0.4, 0.5) is 4.39 Å². The van der Waals surface area contributed by atoms with E-state index >= 15 is 0 Å². The first-order chi connectivity index (χ1) is 9.36. The van der Waals surface area contributed by atoms with Gasteiger partial charge < -0.3 is 10.8 Å². The van der Waals surface area contributed by atoms with Crippen LogP contribution in [0.2, 0.25) is 0 Å². The Morgan fingerprint density at radius 2 is 1.95 bits per heavy atom. The molecule has 0 saturated heterocycles. The fourth-order valence-electron chi connectivity index (χ4n) is 1.99. The molecule has 0 aliphatic rings. The molecule has 0 spiro atoms. The zero-order valence-corrected chi connectivity index (χ0v) is 11.6. The van der Waals surface area contributed by atoms with E-state index in [2.05, 4.69) is 5.32 Å². The topological polar surface area (TPSA) is 92.4 Å². The normalized spacial score (nSPS) is 11.3. The summed E-state index contributed by atoms with van der Waals surface area (Å²) in [7, 11) is 0. The number of primary amides is 1. The first kappa shape index (κ1) is 16.1. The van der Waals surface area contributed by atoms with E-state index in [9.17, 15) is 19.1 Å². The van der Waals surface area contributed by atoms with Crippen molar-refractivity contribution in [3.8, 4) is 0 Å². The van der Waals surface area contributed by atoms with Crippen LogP contribution in [0.3, 0.4) is 0 Å². The summed E-state index contributed by atoms with van der Waals surface area (Å²) >= 11 is 0. The SMILES string of the molecule is CCC(CC)(NCc1ccc(C(N)=O)cc1F)C(=O)O. The van der Waals surface area contributed by atoms with E-state index in [1.54, 1.807) is 13.8 Å². The number of halogens is 1. The summed E-state index contributed by atoms with van der Waals surface area (Å²) in [5.41, 5.74) is 4.36. The van der Waals surface area contributed by atoms with Crippen molar-refractivity contribution in [2.45, 2.75) is 38.8 Å². The molecule has 0 bridgehead atoms. The highest BCUT2D eigenvalue weighted by atomic mass is 19.1. The molecule has 20 heavy (non-hydrogen) atoms. The van der Waals surface area contributed by atoms with Gasteiger partial charge in [0.1, 0.15) is 11.4 Å². The smallest absolute Gasteiger partial charge is 0.323 e. The van der Waals surface area contributed by atoms with Gasteiger partial charge in [0.15, 0.2) is 0 Å². The monoisotopic (exact) mass is 282 g/mol. The summed E-state index contributed by atoms with van der Waals surface area (Å²) in [6.07, 6.45) is 0.777. The summed E-state index contributed by atoms with van der Waals surface area (Å²) in [6, 6.07) is 3.91. The molecule has 0 heterocycles. The lowest BCUT2D eigenvalue weighted by atomic mass is 9.92. The van der Waals surface area contributed by atoms with Crippen molar-refractivity contribution < 1.29 is 19.1 Å². The number of carbonyl (C=O) groups is 2. The minimum absolute atomic E-state index is 0.0683. The van der Waals surface area contributed by atoms with Crippen molar-refractivity contribution in [2.75, 3.05) is 0 Å². The molecule has 5 nitrogen and oxygen atoms in total. The molecule has 1 amide bonds. The van der Waals surface area contributed by atoms with Crippen LogP contribution in [0, 0.1) is 5.82 Å². The highest BCUT2D eigenvalue weighted by molar-refractivity contribution is 5.92. The molecule has 0 aliphatic carbocycles. The number of carboxylic acid groups (broad SMARTS) is 1. The van der Waals surface area contributed by atoms with Crippen molar-refractivity contribution in [3.05, 3.63) is 35.1 Å². The molecule has 0 atom stereocenters. The molecule has 0 fully saturated rings. The standard InChI is InChI=1S/C14H19FN2O3/c1-3-14(4-2,13(19)20)17-8-10-6-5-9(12(16)18)7-11(10)15/h5-7,17H,3-4,8H2,1-2H3,(H2,16,18)(H,19,20). The maximum atomic E-state index is 13.8. The third kappa shape index (κ3) is 3.33. The van der Waals surface area contributed by atoms with E-state index in [1.807, 2.05) is 0 Å². The van der Waals surface area contributed by atoms with Gasteiger partial charge in [-0.25, -0.2) is 4.39 Å². The Kier molecular flexibility index (Phi) is 5.21. The second-order valence-electron chi connectivity index (χ2n) is 4.62. The second kappa shape index (κ2) is 6.47. The molecule has 1 aromatic carbocycles. The van der Waals surface area contributed by atoms with Gasteiger partial charge in [-0.2, -0.15) is 0 Å². The predicted molar refractivity (Wildman–Crippen MR) is 72.7 cm³/mol. The number of aliphatic carboxylic acids is 1. The number of hydrogen-bond donors (Lipinski definition) is 3. The van der Waals surface area contributed by atoms with E-state index in [-0.39, 0.29) is 12.1 Å². The third-order valence-corrected chi connectivity index (χ3v) is 3.57.